The van der Waals surface area contributed by atoms with Crippen molar-refractivity contribution in [2.45, 2.75) is 6.92 Å². The highest BCUT2D eigenvalue weighted by molar-refractivity contribution is 7.92. The predicted molar refractivity (Wildman–Crippen MR) is 91.3 cm³/mol. The summed E-state index contributed by atoms with van der Waals surface area (Å²) in [5.74, 6) is -2.73. The van der Waals surface area contributed by atoms with E-state index in [2.05, 4.69) is 15.6 Å². The summed E-state index contributed by atoms with van der Waals surface area (Å²) in [6.45, 7) is 1.86. The van der Waals surface area contributed by atoms with E-state index < -0.39 is 33.2 Å². The fourth-order valence-electron chi connectivity index (χ4n) is 1.99. The van der Waals surface area contributed by atoms with Gasteiger partial charge in [-0.05, 0) is 36.8 Å². The molecule has 2 rings (SSSR count). The molecule has 2 amide bonds. The van der Waals surface area contributed by atoms with Crippen LogP contribution in [0.15, 0.2) is 48.7 Å². The summed E-state index contributed by atoms with van der Waals surface area (Å²) < 4.78 is 23.9. The molecule has 0 aliphatic rings. The van der Waals surface area contributed by atoms with Crippen molar-refractivity contribution in [2.75, 3.05) is 22.1 Å². The molecule has 8 heteroatoms. The quantitative estimate of drug-likeness (QED) is 0.821. The van der Waals surface area contributed by atoms with Gasteiger partial charge >= 0.3 is 0 Å². The van der Waals surface area contributed by atoms with Crippen LogP contribution in [0.1, 0.15) is 5.56 Å². The van der Waals surface area contributed by atoms with E-state index in [1.807, 2.05) is 13.0 Å². The van der Waals surface area contributed by atoms with Crippen LogP contribution in [0.2, 0.25) is 0 Å². The molecule has 0 saturated heterocycles. The maximum Gasteiger partial charge on any atom is 0.240 e. The third kappa shape index (κ3) is 5.81. The molecule has 2 aromatic rings. The van der Waals surface area contributed by atoms with Gasteiger partial charge in [0, 0.05) is 11.9 Å². The summed E-state index contributed by atoms with van der Waals surface area (Å²) in [5, 5.41) is 4.87. The van der Waals surface area contributed by atoms with E-state index in [9.17, 15) is 18.0 Å². The van der Waals surface area contributed by atoms with E-state index in [1.165, 1.54) is 12.3 Å². The predicted octanol–water partition coefficient (Wildman–Crippen LogP) is 1.38. The first kappa shape index (κ1) is 17.6. The average Bonchev–Trinajstić information content (AvgIpc) is 2.46. The lowest BCUT2D eigenvalue weighted by atomic mass is 10.2. The summed E-state index contributed by atoms with van der Waals surface area (Å²) in [5.41, 5.74) is 1.44. The lowest BCUT2D eigenvalue weighted by molar-refractivity contribution is -0.114. The topological polar surface area (TPSA) is 105 Å². The van der Waals surface area contributed by atoms with Gasteiger partial charge in [-0.2, -0.15) is 0 Å². The molecule has 0 bridgehead atoms. The number of benzene rings is 1. The smallest absolute Gasteiger partial charge is 0.240 e. The zero-order valence-electron chi connectivity index (χ0n) is 13.0. The molecule has 0 aliphatic heterocycles. The Morgan fingerprint density at radius 2 is 1.71 bits per heavy atom. The second-order valence-corrected chi connectivity index (χ2v) is 7.28. The molecule has 0 unspecified atom stereocenters. The molecule has 1 aromatic carbocycles. The van der Waals surface area contributed by atoms with Crippen LogP contribution in [0.3, 0.4) is 0 Å². The zero-order valence-corrected chi connectivity index (χ0v) is 13.8. The van der Waals surface area contributed by atoms with Crippen molar-refractivity contribution in [1.29, 1.82) is 0 Å². The van der Waals surface area contributed by atoms with E-state index >= 15 is 0 Å². The normalized spacial score (nSPS) is 10.9. The Morgan fingerprint density at radius 1 is 1.00 bits per heavy atom. The number of anilines is 2. The number of sulfone groups is 1. The van der Waals surface area contributed by atoms with Crippen LogP contribution in [0.5, 0.6) is 0 Å². The monoisotopic (exact) mass is 347 g/mol. The highest BCUT2D eigenvalue weighted by Crippen LogP contribution is 2.09. The van der Waals surface area contributed by atoms with Gasteiger partial charge in [0.1, 0.15) is 17.3 Å². The van der Waals surface area contributed by atoms with E-state index in [4.69, 9.17) is 0 Å². The Hall–Kier alpha value is -2.74. The maximum atomic E-state index is 12.0. The first-order valence-corrected chi connectivity index (χ1v) is 8.94. The number of amides is 2. The highest BCUT2D eigenvalue weighted by Gasteiger charge is 2.21. The molecule has 1 aromatic heterocycles. The van der Waals surface area contributed by atoms with Gasteiger partial charge in [-0.3, -0.25) is 9.59 Å². The number of hydrogen-bond acceptors (Lipinski definition) is 5. The second-order valence-electron chi connectivity index (χ2n) is 5.21. The molecule has 0 saturated carbocycles. The van der Waals surface area contributed by atoms with E-state index in [1.54, 1.807) is 30.3 Å². The van der Waals surface area contributed by atoms with Crippen molar-refractivity contribution in [2.24, 2.45) is 0 Å². The number of hydrogen-bond donors (Lipinski definition) is 2. The molecule has 126 valence electrons. The van der Waals surface area contributed by atoms with Crippen molar-refractivity contribution in [1.82, 2.24) is 4.98 Å². The minimum absolute atomic E-state index is 0.252. The minimum atomic E-state index is -3.88. The Labute approximate surface area is 140 Å². The summed E-state index contributed by atoms with van der Waals surface area (Å²) in [6, 6.07) is 11.8. The molecule has 0 radical (unpaired) electrons. The molecular weight excluding hydrogens is 330 g/mol. The SMILES string of the molecule is Cc1cccc(NC(=O)CS(=O)(=O)CC(=O)Nc2ccccn2)c1. The van der Waals surface area contributed by atoms with Gasteiger partial charge in [0.15, 0.2) is 9.84 Å². The van der Waals surface area contributed by atoms with Crippen LogP contribution in [0, 0.1) is 6.92 Å². The Bertz CT molecular complexity index is 835. The van der Waals surface area contributed by atoms with Crippen LogP contribution in [0.4, 0.5) is 11.5 Å². The largest absolute Gasteiger partial charge is 0.325 e. The van der Waals surface area contributed by atoms with Gasteiger partial charge in [-0.25, -0.2) is 13.4 Å². The summed E-state index contributed by atoms with van der Waals surface area (Å²) in [4.78, 5) is 27.5. The minimum Gasteiger partial charge on any atom is -0.325 e. The highest BCUT2D eigenvalue weighted by atomic mass is 32.2. The van der Waals surface area contributed by atoms with Crippen LogP contribution in [-0.2, 0) is 19.4 Å². The lowest BCUT2D eigenvalue weighted by Crippen LogP contribution is -2.30. The fraction of sp³-hybridized carbons (Fsp3) is 0.188. The van der Waals surface area contributed by atoms with E-state index in [-0.39, 0.29) is 5.82 Å². The molecule has 0 fully saturated rings. The zero-order chi connectivity index (χ0) is 17.6. The fourth-order valence-corrected chi connectivity index (χ4v) is 3.03. The lowest BCUT2D eigenvalue weighted by Gasteiger charge is -2.07. The van der Waals surface area contributed by atoms with Gasteiger partial charge < -0.3 is 10.6 Å². The Morgan fingerprint density at radius 3 is 2.33 bits per heavy atom. The molecule has 0 atom stereocenters. The average molecular weight is 347 g/mol. The number of carbonyl (C=O) groups is 2. The Balaban J connectivity index is 1.90. The Kier molecular flexibility index (Phi) is 5.64. The standard InChI is InChI=1S/C16H17N3O4S/c1-12-5-4-6-13(9-12)18-15(20)10-24(22,23)11-16(21)19-14-7-2-3-8-17-14/h2-9H,10-11H2,1H3,(H,18,20)(H,17,19,21). The number of rotatable bonds is 6. The van der Waals surface area contributed by atoms with Gasteiger partial charge in [0.2, 0.25) is 11.8 Å². The molecule has 1 heterocycles. The van der Waals surface area contributed by atoms with Crippen LogP contribution < -0.4 is 10.6 Å². The number of pyridine rings is 1. The van der Waals surface area contributed by atoms with Gasteiger partial charge in [-0.15, -0.1) is 0 Å². The molecule has 7 nitrogen and oxygen atoms in total. The van der Waals surface area contributed by atoms with Crippen LogP contribution in [0.25, 0.3) is 0 Å². The second kappa shape index (κ2) is 7.69. The van der Waals surface area contributed by atoms with Gasteiger partial charge in [-0.1, -0.05) is 18.2 Å². The van der Waals surface area contributed by atoms with Crippen molar-refractivity contribution in [3.63, 3.8) is 0 Å². The number of aromatic nitrogens is 1. The molecule has 24 heavy (non-hydrogen) atoms. The molecule has 0 aliphatic carbocycles. The van der Waals surface area contributed by atoms with Crippen LogP contribution in [-0.4, -0.2) is 36.7 Å². The first-order chi connectivity index (χ1) is 11.3. The summed E-state index contributed by atoms with van der Waals surface area (Å²) in [7, 11) is -3.88. The third-order valence-corrected chi connectivity index (χ3v) is 4.34. The first-order valence-electron chi connectivity index (χ1n) is 7.12. The number of nitrogens with one attached hydrogen (secondary N) is 2. The van der Waals surface area contributed by atoms with Crippen LogP contribution >= 0.6 is 0 Å². The number of carbonyl (C=O) groups excluding carboxylic acids is 2. The number of aryl methyl sites for hydroxylation is 1. The van der Waals surface area contributed by atoms with Crippen molar-refractivity contribution >= 4 is 33.2 Å². The molecule has 2 N–H and O–H groups in total. The van der Waals surface area contributed by atoms with Gasteiger partial charge in [0.05, 0.1) is 0 Å². The summed E-state index contributed by atoms with van der Waals surface area (Å²) in [6.07, 6.45) is 1.47. The maximum absolute atomic E-state index is 12.0. The third-order valence-electron chi connectivity index (χ3n) is 2.94. The number of nitrogens with zero attached hydrogens (tertiary/aromatic N) is 1. The van der Waals surface area contributed by atoms with Gasteiger partial charge in [0.25, 0.3) is 0 Å². The van der Waals surface area contributed by atoms with Crippen molar-refractivity contribution in [3.05, 3.63) is 54.2 Å². The van der Waals surface area contributed by atoms with Crippen molar-refractivity contribution < 1.29 is 18.0 Å². The van der Waals surface area contributed by atoms with E-state index in [0.29, 0.717) is 5.69 Å². The van der Waals surface area contributed by atoms with Crippen molar-refractivity contribution in [3.8, 4) is 0 Å². The molecule has 0 spiro atoms. The summed E-state index contributed by atoms with van der Waals surface area (Å²) >= 11 is 0. The van der Waals surface area contributed by atoms with E-state index in [0.717, 1.165) is 5.56 Å². The molecular formula is C16H17N3O4S.